The van der Waals surface area contributed by atoms with E-state index in [-0.39, 0.29) is 6.01 Å². The molecular formula is C10H14N4O3. The van der Waals surface area contributed by atoms with E-state index in [1.165, 1.54) is 13.3 Å². The number of carbonyl (C=O) groups excluding carboxylic acids is 1. The van der Waals surface area contributed by atoms with E-state index in [0.717, 1.165) is 13.1 Å². The topological polar surface area (TPSA) is 76.6 Å². The molecule has 0 saturated carbocycles. The Morgan fingerprint density at radius 2 is 2.24 bits per heavy atom. The fraction of sp³-hybridized carbons (Fsp3) is 0.500. The maximum atomic E-state index is 11.7. The number of nitrogens with one attached hydrogen (secondary N) is 1. The Morgan fingerprint density at radius 1 is 1.47 bits per heavy atom. The average molecular weight is 238 g/mol. The predicted octanol–water partition coefficient (Wildman–Crippen LogP) is -0.111. The summed E-state index contributed by atoms with van der Waals surface area (Å²) in [5, 5.41) is 3.15. The molecule has 7 nitrogen and oxygen atoms in total. The largest absolute Gasteiger partial charge is 0.481 e. The number of nitrogens with zero attached hydrogens (tertiary/aromatic N) is 3. The number of hydrogen-bond acceptors (Lipinski definition) is 6. The molecule has 0 bridgehead atoms. The molecule has 7 heteroatoms. The highest BCUT2D eigenvalue weighted by atomic mass is 16.6. The molecule has 1 aromatic rings. The third-order valence-corrected chi connectivity index (χ3v) is 2.37. The molecule has 92 valence electrons. The first kappa shape index (κ1) is 11.6. The molecule has 1 aromatic heterocycles. The lowest BCUT2D eigenvalue weighted by Gasteiger charge is -2.25. The van der Waals surface area contributed by atoms with Gasteiger partial charge in [-0.1, -0.05) is 0 Å². The van der Waals surface area contributed by atoms with Crippen molar-refractivity contribution in [1.29, 1.82) is 0 Å². The van der Waals surface area contributed by atoms with Crippen LogP contribution in [0.25, 0.3) is 0 Å². The summed E-state index contributed by atoms with van der Waals surface area (Å²) in [6, 6.07) is 1.59. The van der Waals surface area contributed by atoms with Crippen LogP contribution in [0.15, 0.2) is 12.3 Å². The normalized spacial score (nSPS) is 15.5. The minimum absolute atomic E-state index is 0.00730. The van der Waals surface area contributed by atoms with Crippen LogP contribution in [-0.2, 0) is 0 Å². The Labute approximate surface area is 98.8 Å². The zero-order valence-corrected chi connectivity index (χ0v) is 9.55. The first-order valence-electron chi connectivity index (χ1n) is 5.34. The van der Waals surface area contributed by atoms with Gasteiger partial charge < -0.3 is 19.7 Å². The van der Waals surface area contributed by atoms with Crippen molar-refractivity contribution >= 4 is 6.09 Å². The molecule has 1 aliphatic rings. The number of rotatable bonds is 2. The minimum Gasteiger partial charge on any atom is -0.481 e. The van der Waals surface area contributed by atoms with Crippen molar-refractivity contribution in [2.24, 2.45) is 0 Å². The lowest BCUT2D eigenvalue weighted by molar-refractivity contribution is 0.142. The van der Waals surface area contributed by atoms with Crippen molar-refractivity contribution in [3.63, 3.8) is 0 Å². The van der Waals surface area contributed by atoms with Crippen molar-refractivity contribution in [1.82, 2.24) is 20.2 Å². The van der Waals surface area contributed by atoms with E-state index in [9.17, 15) is 4.79 Å². The summed E-state index contributed by atoms with van der Waals surface area (Å²) >= 11 is 0. The zero-order chi connectivity index (χ0) is 12.1. The van der Waals surface area contributed by atoms with Gasteiger partial charge in [-0.3, -0.25) is 0 Å². The molecule has 1 N–H and O–H groups in total. The third-order valence-electron chi connectivity index (χ3n) is 2.37. The predicted molar refractivity (Wildman–Crippen MR) is 59.1 cm³/mol. The third kappa shape index (κ3) is 3.04. The number of hydrogen-bond donors (Lipinski definition) is 1. The van der Waals surface area contributed by atoms with E-state index in [2.05, 4.69) is 15.3 Å². The molecule has 0 aliphatic carbocycles. The second-order valence-electron chi connectivity index (χ2n) is 3.49. The van der Waals surface area contributed by atoms with Gasteiger partial charge in [-0.25, -0.2) is 9.78 Å². The van der Waals surface area contributed by atoms with Crippen LogP contribution < -0.4 is 14.8 Å². The molecule has 1 aliphatic heterocycles. The number of aromatic nitrogens is 2. The summed E-state index contributed by atoms with van der Waals surface area (Å²) in [4.78, 5) is 21.1. The second kappa shape index (κ2) is 5.44. The van der Waals surface area contributed by atoms with E-state index < -0.39 is 6.09 Å². The molecule has 0 radical (unpaired) electrons. The average Bonchev–Trinajstić information content (AvgIpc) is 2.40. The molecular weight excluding hydrogens is 224 g/mol. The summed E-state index contributed by atoms with van der Waals surface area (Å²) in [5.41, 5.74) is 0. The van der Waals surface area contributed by atoms with Crippen LogP contribution in [0, 0.1) is 0 Å². The van der Waals surface area contributed by atoms with Gasteiger partial charge in [0.05, 0.1) is 7.11 Å². The molecule has 1 saturated heterocycles. The number of methoxy groups -OCH3 is 1. The van der Waals surface area contributed by atoms with Crippen LogP contribution in [0.4, 0.5) is 4.79 Å². The first-order valence-corrected chi connectivity index (χ1v) is 5.34. The van der Waals surface area contributed by atoms with Crippen LogP contribution in [-0.4, -0.2) is 54.2 Å². The highest BCUT2D eigenvalue weighted by Gasteiger charge is 2.19. The van der Waals surface area contributed by atoms with Crippen LogP contribution in [0.1, 0.15) is 0 Å². The quantitative estimate of drug-likeness (QED) is 0.774. The first-order chi connectivity index (χ1) is 8.29. The molecule has 1 amide bonds. The van der Waals surface area contributed by atoms with E-state index in [1.807, 2.05) is 0 Å². The molecule has 0 unspecified atom stereocenters. The molecule has 0 aromatic carbocycles. The zero-order valence-electron chi connectivity index (χ0n) is 9.55. The van der Waals surface area contributed by atoms with Crippen molar-refractivity contribution in [2.45, 2.75) is 0 Å². The van der Waals surface area contributed by atoms with Crippen LogP contribution in [0.5, 0.6) is 11.9 Å². The monoisotopic (exact) mass is 238 g/mol. The number of piperazine rings is 1. The van der Waals surface area contributed by atoms with Crippen LogP contribution in [0.2, 0.25) is 0 Å². The summed E-state index contributed by atoms with van der Waals surface area (Å²) in [6.45, 7) is 2.80. The Balaban J connectivity index is 1.96. The fourth-order valence-electron chi connectivity index (χ4n) is 1.48. The molecule has 2 heterocycles. The van der Waals surface area contributed by atoms with Gasteiger partial charge in [-0.2, -0.15) is 4.98 Å². The van der Waals surface area contributed by atoms with Gasteiger partial charge in [0.15, 0.2) is 0 Å². The Morgan fingerprint density at radius 3 is 2.94 bits per heavy atom. The summed E-state index contributed by atoms with van der Waals surface area (Å²) < 4.78 is 9.97. The summed E-state index contributed by atoms with van der Waals surface area (Å²) in [7, 11) is 1.49. The maximum Gasteiger partial charge on any atom is 0.417 e. The summed E-state index contributed by atoms with van der Waals surface area (Å²) in [5.74, 6) is 0.364. The molecule has 1 fully saturated rings. The molecule has 2 rings (SSSR count). The number of carbonyl (C=O) groups is 1. The fourth-order valence-corrected chi connectivity index (χ4v) is 1.48. The van der Waals surface area contributed by atoms with Crippen molar-refractivity contribution < 1.29 is 14.3 Å². The van der Waals surface area contributed by atoms with E-state index in [0.29, 0.717) is 19.0 Å². The smallest absolute Gasteiger partial charge is 0.417 e. The standard InChI is InChI=1S/C10H14N4O3/c1-16-8-2-3-12-9(13-8)17-10(15)14-6-4-11-5-7-14/h2-3,11H,4-7H2,1H3. The molecule has 0 atom stereocenters. The van der Waals surface area contributed by atoms with Gasteiger partial charge in [0, 0.05) is 38.4 Å². The van der Waals surface area contributed by atoms with Crippen molar-refractivity contribution in [3.05, 3.63) is 12.3 Å². The van der Waals surface area contributed by atoms with Gasteiger partial charge in [0.2, 0.25) is 5.88 Å². The van der Waals surface area contributed by atoms with Crippen molar-refractivity contribution in [2.75, 3.05) is 33.3 Å². The lowest BCUT2D eigenvalue weighted by atomic mass is 10.4. The molecule has 17 heavy (non-hydrogen) atoms. The minimum atomic E-state index is -0.431. The SMILES string of the molecule is COc1ccnc(OC(=O)N2CCNCC2)n1. The Kier molecular flexibility index (Phi) is 3.71. The Bertz CT molecular complexity index is 393. The van der Waals surface area contributed by atoms with E-state index in [4.69, 9.17) is 9.47 Å². The van der Waals surface area contributed by atoms with Gasteiger partial charge in [0.25, 0.3) is 0 Å². The van der Waals surface area contributed by atoms with Gasteiger partial charge in [-0.15, -0.1) is 0 Å². The van der Waals surface area contributed by atoms with E-state index in [1.54, 1.807) is 11.0 Å². The highest BCUT2D eigenvalue weighted by molar-refractivity contribution is 5.69. The van der Waals surface area contributed by atoms with Crippen molar-refractivity contribution in [3.8, 4) is 11.9 Å². The highest BCUT2D eigenvalue weighted by Crippen LogP contribution is 2.10. The molecule has 0 spiro atoms. The lowest BCUT2D eigenvalue weighted by Crippen LogP contribution is -2.47. The van der Waals surface area contributed by atoms with E-state index >= 15 is 0 Å². The second-order valence-corrected chi connectivity index (χ2v) is 3.49. The van der Waals surface area contributed by atoms with Gasteiger partial charge in [-0.05, 0) is 0 Å². The Hall–Kier alpha value is -1.89. The number of amides is 1. The van der Waals surface area contributed by atoms with Crippen LogP contribution >= 0.6 is 0 Å². The number of ether oxygens (including phenoxy) is 2. The van der Waals surface area contributed by atoms with Crippen LogP contribution in [0.3, 0.4) is 0 Å². The summed E-state index contributed by atoms with van der Waals surface area (Å²) in [6.07, 6.45) is 1.05. The maximum absolute atomic E-state index is 11.7. The van der Waals surface area contributed by atoms with Gasteiger partial charge in [0.1, 0.15) is 0 Å². The van der Waals surface area contributed by atoms with Gasteiger partial charge >= 0.3 is 12.1 Å².